The quantitative estimate of drug-likeness (QED) is 0.720. The normalized spacial score (nSPS) is 27.1. The molecular weight excluding hydrogens is 232 g/mol. The zero-order valence-electron chi connectivity index (χ0n) is 9.51. The second-order valence-electron chi connectivity index (χ2n) is 4.06. The summed E-state index contributed by atoms with van der Waals surface area (Å²) < 4.78 is 27.0. The first-order chi connectivity index (χ1) is 7.40. The monoisotopic (exact) mass is 250 g/mol. The Balaban J connectivity index is 2.83. The molecule has 0 amide bonds. The van der Waals surface area contributed by atoms with Crippen molar-refractivity contribution < 1.29 is 18.3 Å². The molecule has 0 radical (unpaired) electrons. The summed E-state index contributed by atoms with van der Waals surface area (Å²) in [6.07, 6.45) is 1.27. The van der Waals surface area contributed by atoms with Gasteiger partial charge in [0.25, 0.3) is 10.2 Å². The van der Waals surface area contributed by atoms with Gasteiger partial charge in [0.15, 0.2) is 0 Å². The molecule has 0 aromatic heterocycles. The minimum Gasteiger partial charge on any atom is -0.480 e. The third-order valence-corrected chi connectivity index (χ3v) is 4.35. The largest absolute Gasteiger partial charge is 0.480 e. The molecule has 0 spiro atoms. The second kappa shape index (κ2) is 5.11. The van der Waals surface area contributed by atoms with Crippen LogP contribution in [0.15, 0.2) is 0 Å². The highest BCUT2D eigenvalue weighted by molar-refractivity contribution is 7.87. The Kier molecular flexibility index (Phi) is 4.28. The fourth-order valence-corrected chi connectivity index (χ4v) is 3.43. The van der Waals surface area contributed by atoms with Gasteiger partial charge in [-0.25, -0.2) is 4.72 Å². The van der Waals surface area contributed by atoms with Crippen LogP contribution in [0.25, 0.3) is 0 Å². The summed E-state index contributed by atoms with van der Waals surface area (Å²) in [5, 5.41) is 9.01. The maximum Gasteiger partial charge on any atom is 0.322 e. The van der Waals surface area contributed by atoms with Crippen LogP contribution in [0.3, 0.4) is 0 Å². The summed E-state index contributed by atoms with van der Waals surface area (Å²) in [5.41, 5.74) is 0. The third-order valence-electron chi connectivity index (χ3n) is 2.75. The molecule has 1 aliphatic heterocycles. The van der Waals surface area contributed by atoms with Crippen molar-refractivity contribution in [1.82, 2.24) is 9.03 Å². The highest BCUT2D eigenvalue weighted by Gasteiger charge is 2.43. The van der Waals surface area contributed by atoms with Crippen LogP contribution in [0.5, 0.6) is 0 Å². The fourth-order valence-electron chi connectivity index (χ4n) is 1.86. The van der Waals surface area contributed by atoms with E-state index in [4.69, 9.17) is 5.11 Å². The van der Waals surface area contributed by atoms with Gasteiger partial charge in [-0.2, -0.15) is 12.7 Å². The van der Waals surface area contributed by atoms with Crippen LogP contribution in [0.2, 0.25) is 0 Å². The van der Waals surface area contributed by atoms with Gasteiger partial charge in [0, 0.05) is 13.1 Å². The van der Waals surface area contributed by atoms with Gasteiger partial charge in [-0.3, -0.25) is 4.79 Å². The van der Waals surface area contributed by atoms with Gasteiger partial charge >= 0.3 is 5.97 Å². The SMILES string of the molecule is CCCNS(=O)(=O)N1CCC(C)C1C(=O)O. The number of carboxylic acids is 1. The zero-order chi connectivity index (χ0) is 12.3. The number of hydrogen-bond acceptors (Lipinski definition) is 3. The molecule has 7 heteroatoms. The summed E-state index contributed by atoms with van der Waals surface area (Å²) in [4.78, 5) is 11.0. The van der Waals surface area contributed by atoms with E-state index in [1.165, 1.54) is 0 Å². The van der Waals surface area contributed by atoms with E-state index in [1.807, 2.05) is 6.92 Å². The van der Waals surface area contributed by atoms with E-state index in [0.717, 1.165) is 4.31 Å². The van der Waals surface area contributed by atoms with Gasteiger partial charge in [-0.1, -0.05) is 13.8 Å². The highest BCUT2D eigenvalue weighted by Crippen LogP contribution is 2.26. The highest BCUT2D eigenvalue weighted by atomic mass is 32.2. The summed E-state index contributed by atoms with van der Waals surface area (Å²) in [6, 6.07) is -0.936. The number of carboxylic acid groups (broad SMARTS) is 1. The molecule has 16 heavy (non-hydrogen) atoms. The van der Waals surface area contributed by atoms with E-state index in [2.05, 4.69) is 4.72 Å². The molecule has 0 bridgehead atoms. The first kappa shape index (κ1) is 13.4. The standard InChI is InChI=1S/C9H18N2O4S/c1-3-5-10-16(14,15)11-6-4-7(2)8(11)9(12)13/h7-8,10H,3-6H2,1-2H3,(H,12,13). The Morgan fingerprint density at radius 1 is 1.56 bits per heavy atom. The smallest absolute Gasteiger partial charge is 0.322 e. The summed E-state index contributed by atoms with van der Waals surface area (Å²) >= 11 is 0. The molecule has 0 saturated carbocycles. The Morgan fingerprint density at radius 3 is 2.69 bits per heavy atom. The third kappa shape index (κ3) is 2.72. The van der Waals surface area contributed by atoms with Crippen LogP contribution in [0.4, 0.5) is 0 Å². The van der Waals surface area contributed by atoms with E-state index in [9.17, 15) is 13.2 Å². The van der Waals surface area contributed by atoms with Crippen molar-refractivity contribution in [2.75, 3.05) is 13.1 Å². The van der Waals surface area contributed by atoms with Gasteiger partial charge < -0.3 is 5.11 Å². The molecule has 6 nitrogen and oxygen atoms in total. The maximum absolute atomic E-state index is 11.8. The summed E-state index contributed by atoms with van der Waals surface area (Å²) in [6.45, 7) is 4.22. The Labute approximate surface area is 95.8 Å². The number of hydrogen-bond donors (Lipinski definition) is 2. The molecule has 1 saturated heterocycles. The van der Waals surface area contributed by atoms with Crippen molar-refractivity contribution in [2.45, 2.75) is 32.7 Å². The molecule has 1 rings (SSSR count). The molecule has 0 aliphatic carbocycles. The number of nitrogens with one attached hydrogen (secondary N) is 1. The Hall–Kier alpha value is -0.660. The number of nitrogens with zero attached hydrogens (tertiary/aromatic N) is 1. The van der Waals surface area contributed by atoms with Crippen molar-refractivity contribution in [3.8, 4) is 0 Å². The lowest BCUT2D eigenvalue weighted by atomic mass is 10.0. The first-order valence-corrected chi connectivity index (χ1v) is 6.83. The predicted molar refractivity (Wildman–Crippen MR) is 59.1 cm³/mol. The lowest BCUT2D eigenvalue weighted by Gasteiger charge is -2.22. The molecular formula is C9H18N2O4S. The van der Waals surface area contributed by atoms with Gasteiger partial charge in [0.1, 0.15) is 6.04 Å². The Morgan fingerprint density at radius 2 is 2.19 bits per heavy atom. The fraction of sp³-hybridized carbons (Fsp3) is 0.889. The molecule has 2 atom stereocenters. The van der Waals surface area contributed by atoms with Crippen LogP contribution >= 0.6 is 0 Å². The van der Waals surface area contributed by atoms with Gasteiger partial charge in [-0.15, -0.1) is 0 Å². The molecule has 0 aromatic carbocycles. The number of carbonyl (C=O) groups is 1. The lowest BCUT2D eigenvalue weighted by Crippen LogP contribution is -2.48. The second-order valence-corrected chi connectivity index (χ2v) is 5.77. The molecule has 1 aliphatic rings. The van der Waals surface area contributed by atoms with E-state index in [0.29, 0.717) is 19.4 Å². The van der Waals surface area contributed by atoms with E-state index >= 15 is 0 Å². The van der Waals surface area contributed by atoms with Crippen molar-refractivity contribution in [1.29, 1.82) is 0 Å². The number of rotatable bonds is 5. The Bertz CT molecular complexity index is 355. The lowest BCUT2D eigenvalue weighted by molar-refractivity contribution is -0.141. The van der Waals surface area contributed by atoms with Crippen LogP contribution in [0, 0.1) is 5.92 Å². The predicted octanol–water partition coefficient (Wildman–Crippen LogP) is 0.0258. The minimum atomic E-state index is -3.65. The molecule has 0 aromatic rings. The van der Waals surface area contributed by atoms with Crippen molar-refractivity contribution in [3.05, 3.63) is 0 Å². The topological polar surface area (TPSA) is 86.7 Å². The van der Waals surface area contributed by atoms with E-state index in [-0.39, 0.29) is 12.5 Å². The van der Waals surface area contributed by atoms with Gasteiger partial charge in [0.2, 0.25) is 0 Å². The summed E-state index contributed by atoms with van der Waals surface area (Å²) in [7, 11) is -3.65. The summed E-state index contributed by atoms with van der Waals surface area (Å²) in [5.74, 6) is -1.22. The van der Waals surface area contributed by atoms with Crippen molar-refractivity contribution in [3.63, 3.8) is 0 Å². The zero-order valence-corrected chi connectivity index (χ0v) is 10.3. The van der Waals surface area contributed by atoms with Crippen molar-refractivity contribution >= 4 is 16.2 Å². The first-order valence-electron chi connectivity index (χ1n) is 5.39. The molecule has 94 valence electrons. The average Bonchev–Trinajstić information content (AvgIpc) is 2.58. The average molecular weight is 250 g/mol. The minimum absolute atomic E-state index is 0.143. The molecule has 1 heterocycles. The van der Waals surface area contributed by atoms with E-state index in [1.54, 1.807) is 6.92 Å². The van der Waals surface area contributed by atoms with Crippen LogP contribution in [-0.2, 0) is 15.0 Å². The molecule has 1 fully saturated rings. The van der Waals surface area contributed by atoms with E-state index < -0.39 is 22.2 Å². The van der Waals surface area contributed by atoms with Crippen LogP contribution < -0.4 is 4.72 Å². The van der Waals surface area contributed by atoms with Crippen molar-refractivity contribution in [2.24, 2.45) is 5.92 Å². The molecule has 2 N–H and O–H groups in total. The molecule has 2 unspecified atom stereocenters. The van der Waals surface area contributed by atoms with Crippen LogP contribution in [0.1, 0.15) is 26.7 Å². The van der Waals surface area contributed by atoms with Gasteiger partial charge in [-0.05, 0) is 18.8 Å². The van der Waals surface area contributed by atoms with Crippen LogP contribution in [-0.4, -0.2) is 42.9 Å². The van der Waals surface area contributed by atoms with Gasteiger partial charge in [0.05, 0.1) is 0 Å². The maximum atomic E-state index is 11.8. The number of aliphatic carboxylic acids is 1.